The summed E-state index contributed by atoms with van der Waals surface area (Å²) < 4.78 is 5.84. The Morgan fingerprint density at radius 1 is 1.42 bits per heavy atom. The fraction of sp³-hybridized carbons (Fsp3) is 0.684. The predicted molar refractivity (Wildman–Crippen MR) is 91.2 cm³/mol. The van der Waals surface area contributed by atoms with E-state index >= 15 is 0 Å². The molecule has 130 valence electrons. The average molecular weight is 330 g/mol. The van der Waals surface area contributed by atoms with Crippen LogP contribution < -0.4 is 9.64 Å². The van der Waals surface area contributed by atoms with Gasteiger partial charge in [-0.05, 0) is 51.0 Å². The molecule has 4 rings (SSSR count). The maximum Gasteiger partial charge on any atom is 0.239 e. The number of amides is 1. The van der Waals surface area contributed by atoms with Crippen molar-refractivity contribution in [2.24, 2.45) is 5.92 Å². The van der Waals surface area contributed by atoms with Crippen LogP contribution in [0.2, 0.25) is 0 Å². The predicted octanol–water partition coefficient (Wildman–Crippen LogP) is 2.80. The molecule has 3 aliphatic rings. The van der Waals surface area contributed by atoms with Crippen LogP contribution in [0.3, 0.4) is 0 Å². The minimum Gasteiger partial charge on any atom is -0.492 e. The van der Waals surface area contributed by atoms with Crippen LogP contribution in [-0.2, 0) is 10.2 Å². The van der Waals surface area contributed by atoms with Gasteiger partial charge in [-0.3, -0.25) is 9.69 Å². The molecule has 24 heavy (non-hydrogen) atoms. The monoisotopic (exact) mass is 330 g/mol. The van der Waals surface area contributed by atoms with Gasteiger partial charge in [0.05, 0.1) is 23.8 Å². The topological polar surface area (TPSA) is 62.7 Å². The lowest BCUT2D eigenvalue weighted by Gasteiger charge is -2.45. The van der Waals surface area contributed by atoms with Crippen LogP contribution in [0.5, 0.6) is 5.75 Å². The molecule has 1 spiro atoms. The standard InChI is InChI=1S/C19H26N2O3/c1-12(2)4-7-24-14-8-15-16(20-11-14)21(13-9-18(3,23)10-13)17(22)19(15)5-6-19/h8,11-13,23H,4-7,9-10H2,1-3H3. The minimum absolute atomic E-state index is 0.0754. The smallest absolute Gasteiger partial charge is 0.239 e. The Labute approximate surface area is 143 Å². The van der Waals surface area contributed by atoms with E-state index in [1.165, 1.54) is 0 Å². The number of hydrogen-bond donors (Lipinski definition) is 1. The third-order valence-corrected chi connectivity index (χ3v) is 5.64. The van der Waals surface area contributed by atoms with Crippen LogP contribution in [0.15, 0.2) is 12.3 Å². The second-order valence-electron chi connectivity index (χ2n) is 8.39. The van der Waals surface area contributed by atoms with E-state index < -0.39 is 5.60 Å². The Kier molecular flexibility index (Phi) is 3.43. The maximum absolute atomic E-state index is 13.0. The van der Waals surface area contributed by atoms with Crippen LogP contribution in [0.4, 0.5) is 5.82 Å². The lowest BCUT2D eigenvalue weighted by molar-refractivity contribution is -0.122. The molecule has 1 aromatic heterocycles. The van der Waals surface area contributed by atoms with Crippen molar-refractivity contribution in [3.05, 3.63) is 17.8 Å². The first-order valence-corrected chi connectivity index (χ1v) is 9.02. The van der Waals surface area contributed by atoms with E-state index in [0.29, 0.717) is 25.4 Å². The summed E-state index contributed by atoms with van der Waals surface area (Å²) in [5.74, 6) is 2.32. The first-order valence-electron chi connectivity index (χ1n) is 9.02. The van der Waals surface area contributed by atoms with Gasteiger partial charge in [0.2, 0.25) is 5.91 Å². The van der Waals surface area contributed by atoms with E-state index in [9.17, 15) is 9.90 Å². The highest BCUT2D eigenvalue weighted by molar-refractivity contribution is 6.09. The van der Waals surface area contributed by atoms with Crippen molar-refractivity contribution in [3.63, 3.8) is 0 Å². The van der Waals surface area contributed by atoms with Gasteiger partial charge in [0, 0.05) is 11.6 Å². The first-order chi connectivity index (χ1) is 11.3. The molecular weight excluding hydrogens is 304 g/mol. The molecule has 0 atom stereocenters. The van der Waals surface area contributed by atoms with Crippen LogP contribution in [0, 0.1) is 5.92 Å². The molecule has 0 bridgehead atoms. The lowest BCUT2D eigenvalue weighted by atomic mass is 9.76. The van der Waals surface area contributed by atoms with Gasteiger partial charge in [-0.25, -0.2) is 4.98 Å². The molecule has 2 aliphatic carbocycles. The van der Waals surface area contributed by atoms with Crippen LogP contribution in [0.25, 0.3) is 0 Å². The summed E-state index contributed by atoms with van der Waals surface area (Å²) in [6, 6.07) is 2.09. The Hall–Kier alpha value is -1.62. The highest BCUT2D eigenvalue weighted by Gasteiger charge is 2.62. The van der Waals surface area contributed by atoms with Gasteiger partial charge in [0.25, 0.3) is 0 Å². The number of pyridine rings is 1. The minimum atomic E-state index is -0.649. The van der Waals surface area contributed by atoms with Gasteiger partial charge in [-0.1, -0.05) is 13.8 Å². The van der Waals surface area contributed by atoms with E-state index in [1.54, 1.807) is 6.20 Å². The zero-order valence-corrected chi connectivity index (χ0v) is 14.7. The molecule has 1 aromatic rings. The third kappa shape index (κ3) is 2.41. The number of hydrogen-bond acceptors (Lipinski definition) is 4. The SMILES string of the molecule is CC(C)CCOc1cnc2c(c1)C1(CC1)C(=O)N2C1CC(C)(O)C1. The van der Waals surface area contributed by atoms with Crippen LogP contribution in [0.1, 0.15) is 58.4 Å². The molecular formula is C19H26N2O3. The zero-order valence-electron chi connectivity index (χ0n) is 14.7. The molecule has 1 amide bonds. The van der Waals surface area contributed by atoms with E-state index in [1.807, 2.05) is 17.9 Å². The Morgan fingerprint density at radius 2 is 2.12 bits per heavy atom. The number of aromatic nitrogens is 1. The summed E-state index contributed by atoms with van der Waals surface area (Å²) >= 11 is 0. The lowest BCUT2D eigenvalue weighted by Crippen LogP contribution is -2.55. The Balaban J connectivity index is 1.57. The second kappa shape index (κ2) is 5.19. The molecule has 0 unspecified atom stereocenters. The number of carbonyl (C=O) groups excluding carboxylic acids is 1. The van der Waals surface area contributed by atoms with E-state index in [4.69, 9.17) is 4.74 Å². The molecule has 2 heterocycles. The summed E-state index contributed by atoms with van der Waals surface area (Å²) in [6.07, 6.45) is 5.79. The fourth-order valence-electron chi connectivity index (χ4n) is 4.00. The Morgan fingerprint density at radius 3 is 2.71 bits per heavy atom. The van der Waals surface area contributed by atoms with E-state index in [2.05, 4.69) is 18.8 Å². The largest absolute Gasteiger partial charge is 0.492 e. The number of ether oxygens (including phenoxy) is 1. The van der Waals surface area contributed by atoms with Gasteiger partial charge in [0.1, 0.15) is 11.6 Å². The van der Waals surface area contributed by atoms with Crippen molar-refractivity contribution < 1.29 is 14.6 Å². The van der Waals surface area contributed by atoms with Crippen molar-refractivity contribution in [1.29, 1.82) is 0 Å². The Bertz CT molecular complexity index is 671. The molecule has 5 heteroatoms. The third-order valence-electron chi connectivity index (χ3n) is 5.64. The van der Waals surface area contributed by atoms with Crippen LogP contribution in [-0.4, -0.2) is 34.2 Å². The van der Waals surface area contributed by atoms with Crippen molar-refractivity contribution in [2.75, 3.05) is 11.5 Å². The maximum atomic E-state index is 13.0. The number of nitrogens with zero attached hydrogens (tertiary/aromatic N) is 2. The normalized spacial score (nSPS) is 29.8. The quantitative estimate of drug-likeness (QED) is 0.902. The van der Waals surface area contributed by atoms with E-state index in [0.717, 1.165) is 36.4 Å². The molecule has 0 aromatic carbocycles. The summed E-state index contributed by atoms with van der Waals surface area (Å²) in [5.41, 5.74) is 0.0204. The number of anilines is 1. The molecule has 2 fully saturated rings. The van der Waals surface area contributed by atoms with Gasteiger partial charge in [0.15, 0.2) is 0 Å². The summed E-state index contributed by atoms with van der Waals surface area (Å²) in [6.45, 7) is 6.85. The van der Waals surface area contributed by atoms with Crippen molar-refractivity contribution in [2.45, 2.75) is 69.9 Å². The molecule has 5 nitrogen and oxygen atoms in total. The number of rotatable bonds is 5. The molecule has 0 saturated heterocycles. The number of fused-ring (bicyclic) bond motifs is 2. The molecule has 0 radical (unpaired) electrons. The molecule has 1 aliphatic heterocycles. The fourth-order valence-corrected chi connectivity index (χ4v) is 4.00. The summed E-state index contributed by atoms with van der Waals surface area (Å²) in [4.78, 5) is 19.4. The van der Waals surface area contributed by atoms with Crippen molar-refractivity contribution in [1.82, 2.24) is 4.98 Å². The van der Waals surface area contributed by atoms with Crippen LogP contribution >= 0.6 is 0 Å². The highest BCUT2D eigenvalue weighted by Crippen LogP contribution is 2.59. The molecule has 1 N–H and O–H groups in total. The average Bonchev–Trinajstić information content (AvgIpc) is 3.23. The summed E-state index contributed by atoms with van der Waals surface area (Å²) in [7, 11) is 0. The summed E-state index contributed by atoms with van der Waals surface area (Å²) in [5, 5.41) is 10.0. The van der Waals surface area contributed by atoms with Gasteiger partial charge >= 0.3 is 0 Å². The molecule has 2 saturated carbocycles. The number of aliphatic hydroxyl groups is 1. The van der Waals surface area contributed by atoms with Gasteiger partial charge < -0.3 is 9.84 Å². The van der Waals surface area contributed by atoms with Crippen molar-refractivity contribution >= 4 is 11.7 Å². The van der Waals surface area contributed by atoms with Gasteiger partial charge in [-0.15, -0.1) is 0 Å². The second-order valence-corrected chi connectivity index (χ2v) is 8.39. The van der Waals surface area contributed by atoms with E-state index in [-0.39, 0.29) is 17.4 Å². The number of carbonyl (C=O) groups is 1. The zero-order chi connectivity index (χ0) is 17.1. The van der Waals surface area contributed by atoms with Gasteiger partial charge in [-0.2, -0.15) is 0 Å². The highest BCUT2D eigenvalue weighted by atomic mass is 16.5. The van der Waals surface area contributed by atoms with Crippen molar-refractivity contribution in [3.8, 4) is 5.75 Å². The first kappa shape index (κ1) is 15.9.